The molecule has 1 N–H and O–H groups in total. The first kappa shape index (κ1) is 28.7. The minimum absolute atomic E-state index is 0.00155. The Morgan fingerprint density at radius 2 is 1.88 bits per heavy atom. The van der Waals surface area contributed by atoms with Gasteiger partial charge in [-0.2, -0.15) is 10.2 Å². The summed E-state index contributed by atoms with van der Waals surface area (Å²) in [4.78, 5) is 26.6. The molecule has 1 saturated carbocycles. The molecular formula is C29H29F4N7O3. The number of hydrogen-bond acceptors (Lipinski definition) is 7. The third kappa shape index (κ3) is 7.00. The number of nitrogens with zero attached hydrogens (tertiary/aromatic N) is 6. The number of rotatable bonds is 11. The molecule has 10 nitrogen and oxygen atoms in total. The molecule has 0 radical (unpaired) electrons. The number of hydrogen-bond donors (Lipinski definition) is 1. The smallest absolute Gasteiger partial charge is 0.406 e. The summed E-state index contributed by atoms with van der Waals surface area (Å²) in [5.74, 6) is -1.04. The number of fused-ring (bicyclic) bond motifs is 1. The van der Waals surface area contributed by atoms with Crippen molar-refractivity contribution in [1.82, 2.24) is 35.4 Å². The van der Waals surface area contributed by atoms with E-state index in [1.807, 2.05) is 4.90 Å². The number of unbranched alkanes of at least 4 members (excludes halogenated alkanes) is 1. The van der Waals surface area contributed by atoms with Gasteiger partial charge in [-0.05, 0) is 61.9 Å². The van der Waals surface area contributed by atoms with Gasteiger partial charge < -0.3 is 15.0 Å². The first-order valence-corrected chi connectivity index (χ1v) is 14.2. The van der Waals surface area contributed by atoms with Gasteiger partial charge in [-0.25, -0.2) is 4.39 Å². The molecule has 6 rings (SSSR count). The van der Waals surface area contributed by atoms with Gasteiger partial charge in [0.2, 0.25) is 5.91 Å². The monoisotopic (exact) mass is 599 g/mol. The van der Waals surface area contributed by atoms with Crippen molar-refractivity contribution in [3.63, 3.8) is 0 Å². The van der Waals surface area contributed by atoms with Crippen LogP contribution in [0.3, 0.4) is 0 Å². The molecule has 14 heteroatoms. The van der Waals surface area contributed by atoms with Gasteiger partial charge in [0.15, 0.2) is 5.69 Å². The summed E-state index contributed by atoms with van der Waals surface area (Å²) in [5.41, 5.74) is 4.12. The summed E-state index contributed by atoms with van der Waals surface area (Å²) in [6, 6.07) is 4.64. The van der Waals surface area contributed by atoms with Gasteiger partial charge in [0.05, 0.1) is 17.6 Å². The number of carbonyl (C=O) groups excluding carboxylic acids is 2. The van der Waals surface area contributed by atoms with Crippen LogP contribution >= 0.6 is 0 Å². The average molecular weight is 600 g/mol. The maximum Gasteiger partial charge on any atom is 0.573 e. The Labute approximate surface area is 244 Å². The predicted octanol–water partition coefficient (Wildman–Crippen LogP) is 3.87. The zero-order chi connectivity index (χ0) is 30.1. The zero-order valence-electron chi connectivity index (χ0n) is 23.1. The molecule has 3 aliphatic rings. The second-order valence-corrected chi connectivity index (χ2v) is 11.2. The Bertz CT molecular complexity index is 1560. The van der Waals surface area contributed by atoms with Crippen LogP contribution < -0.4 is 10.1 Å². The Kier molecular flexibility index (Phi) is 7.84. The van der Waals surface area contributed by atoms with Crippen LogP contribution in [-0.2, 0) is 30.7 Å². The highest BCUT2D eigenvalue weighted by atomic mass is 19.4. The molecule has 0 bridgehead atoms. The highest BCUT2D eigenvalue weighted by Gasteiger charge is 2.41. The fourth-order valence-electron chi connectivity index (χ4n) is 5.29. The van der Waals surface area contributed by atoms with Crippen molar-refractivity contribution in [3.05, 3.63) is 70.1 Å². The molecule has 3 aromatic rings. The van der Waals surface area contributed by atoms with Crippen molar-refractivity contribution in [2.24, 2.45) is 11.8 Å². The first-order valence-electron chi connectivity index (χ1n) is 14.2. The van der Waals surface area contributed by atoms with E-state index in [9.17, 15) is 27.2 Å². The lowest BCUT2D eigenvalue weighted by molar-refractivity contribution is -0.274. The third-order valence-corrected chi connectivity index (χ3v) is 7.84. The lowest BCUT2D eigenvalue weighted by Crippen LogP contribution is -2.51. The van der Waals surface area contributed by atoms with Gasteiger partial charge in [-0.3, -0.25) is 14.3 Å². The average Bonchev–Trinajstić information content (AvgIpc) is 3.54. The van der Waals surface area contributed by atoms with E-state index in [1.54, 1.807) is 0 Å². The predicted molar refractivity (Wildman–Crippen MR) is 144 cm³/mol. The van der Waals surface area contributed by atoms with E-state index in [2.05, 4.69) is 42.7 Å². The van der Waals surface area contributed by atoms with Gasteiger partial charge in [-0.15, -0.1) is 18.3 Å². The summed E-state index contributed by atoms with van der Waals surface area (Å²) >= 11 is 0. The van der Waals surface area contributed by atoms with E-state index in [4.69, 9.17) is 0 Å². The van der Waals surface area contributed by atoms with E-state index in [-0.39, 0.29) is 23.7 Å². The normalized spacial score (nSPS) is 16.5. The van der Waals surface area contributed by atoms with Crippen molar-refractivity contribution < 1.29 is 31.9 Å². The molecule has 1 saturated heterocycles. The van der Waals surface area contributed by atoms with E-state index in [1.165, 1.54) is 16.5 Å². The second kappa shape index (κ2) is 11.7. The fraction of sp³-hybridized carbons (Fsp3) is 0.448. The van der Waals surface area contributed by atoms with E-state index >= 15 is 0 Å². The highest BCUT2D eigenvalue weighted by molar-refractivity contribution is 5.91. The summed E-state index contributed by atoms with van der Waals surface area (Å²) in [5, 5.41) is 19.0. The second-order valence-electron chi connectivity index (χ2n) is 11.2. The minimum atomic E-state index is -4.91. The number of aromatic nitrogens is 5. The number of benzene rings is 1. The topological polar surface area (TPSA) is 115 Å². The molecule has 3 heterocycles. The third-order valence-electron chi connectivity index (χ3n) is 7.84. The van der Waals surface area contributed by atoms with Gasteiger partial charge in [-0.1, -0.05) is 16.9 Å². The summed E-state index contributed by atoms with van der Waals surface area (Å²) < 4.78 is 56.6. The fourth-order valence-corrected chi connectivity index (χ4v) is 5.29. The van der Waals surface area contributed by atoms with Crippen LogP contribution in [0.15, 0.2) is 36.0 Å². The standard InChI is InChI=1S/C29H29F4N7O3/c30-24-7-6-23(43-29(31,32)33)11-20(24)13-34-27(41)26-16-40(38-37-26)8-2-1-3-22-10-19-9-18(12-25(19)36-35-22)21-14-39(15-21)28(42)17-4-5-17/h6-7,9-11,16-17,21H,1-5,8,12-15H2,(H,34,41). The number of aryl methyl sites for hydroxylation is 2. The highest BCUT2D eigenvalue weighted by Crippen LogP contribution is 2.37. The Balaban J connectivity index is 0.935. The maximum absolute atomic E-state index is 14.0. The molecule has 1 aliphatic heterocycles. The van der Waals surface area contributed by atoms with Crippen LogP contribution in [-0.4, -0.2) is 61.4 Å². The quantitative estimate of drug-likeness (QED) is 0.263. The Morgan fingerprint density at radius 3 is 2.65 bits per heavy atom. The van der Waals surface area contributed by atoms with E-state index in [0.717, 1.165) is 86.8 Å². The first-order chi connectivity index (χ1) is 20.6. The van der Waals surface area contributed by atoms with Crippen LogP contribution in [0, 0.1) is 17.7 Å². The van der Waals surface area contributed by atoms with Gasteiger partial charge >= 0.3 is 6.36 Å². The molecule has 2 amide bonds. The van der Waals surface area contributed by atoms with Crippen LogP contribution in [0.2, 0.25) is 0 Å². The van der Waals surface area contributed by atoms with Crippen molar-refractivity contribution in [2.45, 2.75) is 58.0 Å². The molecule has 0 unspecified atom stereocenters. The maximum atomic E-state index is 14.0. The van der Waals surface area contributed by atoms with E-state index in [0.29, 0.717) is 18.4 Å². The summed E-state index contributed by atoms with van der Waals surface area (Å²) in [6.45, 7) is 1.75. The number of halogens is 4. The molecule has 2 aromatic heterocycles. The number of amides is 2. The van der Waals surface area contributed by atoms with Crippen LogP contribution in [0.25, 0.3) is 6.08 Å². The molecule has 0 spiro atoms. The molecule has 0 atom stereocenters. The van der Waals surface area contributed by atoms with Crippen LogP contribution in [0.4, 0.5) is 17.6 Å². The van der Waals surface area contributed by atoms with Crippen molar-refractivity contribution in [1.29, 1.82) is 0 Å². The lowest BCUT2D eigenvalue weighted by atomic mass is 9.90. The van der Waals surface area contributed by atoms with Gasteiger partial charge in [0.25, 0.3) is 5.91 Å². The largest absolute Gasteiger partial charge is 0.573 e. The van der Waals surface area contributed by atoms with Crippen LogP contribution in [0.1, 0.15) is 58.7 Å². The SMILES string of the molecule is O=C(NCc1cc(OC(F)(F)F)ccc1F)c1cn(CCCCc2cc3c(nn2)CC(C2CN(C(=O)C4CC4)C2)=C3)nn1. The Morgan fingerprint density at radius 1 is 1.07 bits per heavy atom. The molecule has 2 fully saturated rings. The van der Waals surface area contributed by atoms with Crippen molar-refractivity contribution in [3.8, 4) is 5.75 Å². The van der Waals surface area contributed by atoms with Gasteiger partial charge in [0.1, 0.15) is 11.6 Å². The number of nitrogens with one attached hydrogen (secondary N) is 1. The zero-order valence-corrected chi connectivity index (χ0v) is 23.1. The summed E-state index contributed by atoms with van der Waals surface area (Å²) in [7, 11) is 0. The number of carbonyl (C=O) groups is 2. The van der Waals surface area contributed by atoms with Crippen molar-refractivity contribution >= 4 is 17.9 Å². The van der Waals surface area contributed by atoms with E-state index < -0.39 is 23.8 Å². The molecule has 43 heavy (non-hydrogen) atoms. The lowest BCUT2D eigenvalue weighted by Gasteiger charge is -2.40. The molecular weight excluding hydrogens is 570 g/mol. The summed E-state index contributed by atoms with van der Waals surface area (Å²) in [6.07, 6.45) is 3.86. The van der Waals surface area contributed by atoms with Crippen molar-refractivity contribution in [2.75, 3.05) is 13.1 Å². The molecule has 226 valence electrons. The minimum Gasteiger partial charge on any atom is -0.406 e. The number of likely N-dealkylation sites (tertiary alicyclic amines) is 1. The molecule has 2 aliphatic carbocycles. The number of ether oxygens (including phenoxy) is 1. The molecule has 1 aromatic carbocycles. The van der Waals surface area contributed by atoms with Gasteiger partial charge in [0, 0.05) is 50.0 Å². The number of alkyl halides is 3. The Hall–Kier alpha value is -4.36. The van der Waals surface area contributed by atoms with Crippen LogP contribution in [0.5, 0.6) is 5.75 Å².